The van der Waals surface area contributed by atoms with Crippen LogP contribution in [-0.4, -0.2) is 23.9 Å². The van der Waals surface area contributed by atoms with Crippen molar-refractivity contribution in [3.8, 4) is 0 Å². The second-order valence-corrected chi connectivity index (χ2v) is 5.33. The third kappa shape index (κ3) is 1.97. The molecule has 17 heavy (non-hydrogen) atoms. The Bertz CT molecular complexity index is 374. The zero-order valence-electron chi connectivity index (χ0n) is 9.78. The van der Waals surface area contributed by atoms with Crippen molar-refractivity contribution in [3.05, 3.63) is 35.9 Å². The van der Waals surface area contributed by atoms with Crippen molar-refractivity contribution >= 4 is 0 Å². The van der Waals surface area contributed by atoms with E-state index in [4.69, 9.17) is 0 Å². The van der Waals surface area contributed by atoms with Crippen molar-refractivity contribution in [1.82, 2.24) is 4.90 Å². The number of rotatable bonds is 2. The summed E-state index contributed by atoms with van der Waals surface area (Å²) in [6.07, 6.45) is 1.39. The Balaban J connectivity index is 1.69. The Morgan fingerprint density at radius 2 is 1.65 bits per heavy atom. The third-order valence-electron chi connectivity index (χ3n) is 4.16. The summed E-state index contributed by atoms with van der Waals surface area (Å²) in [5.41, 5.74) is 1.22. The molecule has 3 heteroatoms. The minimum absolute atomic E-state index is 0.412. The first-order chi connectivity index (χ1) is 8.16. The number of fused-ring (bicyclic) bond motifs is 2. The van der Waals surface area contributed by atoms with Crippen molar-refractivity contribution in [3.63, 3.8) is 0 Å². The maximum atomic E-state index is 13.7. The molecule has 1 saturated carbocycles. The van der Waals surface area contributed by atoms with E-state index in [1.807, 2.05) is 18.2 Å². The van der Waals surface area contributed by atoms with Crippen LogP contribution in [0.4, 0.5) is 8.78 Å². The molecule has 1 aliphatic heterocycles. The van der Waals surface area contributed by atoms with Crippen LogP contribution in [0.1, 0.15) is 18.4 Å². The highest BCUT2D eigenvalue weighted by atomic mass is 19.3. The van der Waals surface area contributed by atoms with E-state index in [1.165, 1.54) is 5.56 Å². The number of likely N-dealkylation sites (tertiary alicyclic amines) is 1. The lowest BCUT2D eigenvalue weighted by Gasteiger charge is -2.37. The lowest BCUT2D eigenvalue weighted by atomic mass is 9.93. The van der Waals surface area contributed by atoms with Crippen molar-refractivity contribution in [2.45, 2.75) is 25.3 Å². The van der Waals surface area contributed by atoms with Gasteiger partial charge in [-0.1, -0.05) is 30.3 Å². The minimum atomic E-state index is -2.41. The fourth-order valence-corrected chi connectivity index (χ4v) is 3.22. The zero-order chi connectivity index (χ0) is 11.9. The first-order valence-corrected chi connectivity index (χ1v) is 6.30. The summed E-state index contributed by atoms with van der Waals surface area (Å²) in [4.78, 5) is 2.19. The topological polar surface area (TPSA) is 3.24 Å². The Morgan fingerprint density at radius 3 is 2.24 bits per heavy atom. The number of hydrogen-bond acceptors (Lipinski definition) is 1. The summed E-state index contributed by atoms with van der Waals surface area (Å²) in [7, 11) is 0. The molecule has 0 amide bonds. The average molecular weight is 237 g/mol. The highest BCUT2D eigenvalue weighted by molar-refractivity contribution is 5.15. The maximum absolute atomic E-state index is 13.7. The Morgan fingerprint density at radius 1 is 1.06 bits per heavy atom. The molecule has 1 aliphatic carbocycles. The van der Waals surface area contributed by atoms with Crippen molar-refractivity contribution in [1.29, 1.82) is 0 Å². The van der Waals surface area contributed by atoms with E-state index < -0.39 is 17.8 Å². The van der Waals surface area contributed by atoms with E-state index >= 15 is 0 Å². The van der Waals surface area contributed by atoms with Gasteiger partial charge in [0.1, 0.15) is 0 Å². The first kappa shape index (κ1) is 11.1. The molecule has 0 N–H and O–H groups in total. The molecular formula is C14H17F2N. The van der Waals surface area contributed by atoms with E-state index in [2.05, 4.69) is 17.0 Å². The molecule has 2 fully saturated rings. The average Bonchev–Trinajstić information content (AvgIpc) is 2.53. The van der Waals surface area contributed by atoms with Gasteiger partial charge in [-0.2, -0.15) is 0 Å². The molecule has 0 radical (unpaired) electrons. The summed E-state index contributed by atoms with van der Waals surface area (Å²) >= 11 is 0. The van der Waals surface area contributed by atoms with Crippen LogP contribution in [0.2, 0.25) is 0 Å². The summed E-state index contributed by atoms with van der Waals surface area (Å²) in [6.45, 7) is 1.92. The number of benzene rings is 1. The Labute approximate surface area is 100 Å². The fourth-order valence-electron chi connectivity index (χ4n) is 3.22. The number of hydrogen-bond donors (Lipinski definition) is 0. The number of alkyl halides is 2. The Hall–Kier alpha value is -0.960. The molecule has 3 rings (SSSR count). The van der Waals surface area contributed by atoms with Crippen molar-refractivity contribution < 1.29 is 8.78 Å². The van der Waals surface area contributed by atoms with Crippen LogP contribution in [-0.2, 0) is 6.54 Å². The van der Waals surface area contributed by atoms with Gasteiger partial charge in [-0.25, -0.2) is 8.78 Å². The molecule has 1 aromatic rings. The van der Waals surface area contributed by atoms with Gasteiger partial charge in [0.2, 0.25) is 0 Å². The van der Waals surface area contributed by atoms with Crippen LogP contribution < -0.4 is 0 Å². The van der Waals surface area contributed by atoms with Crippen LogP contribution in [0.15, 0.2) is 30.3 Å². The first-order valence-electron chi connectivity index (χ1n) is 6.30. The van der Waals surface area contributed by atoms with Gasteiger partial charge < -0.3 is 0 Å². The largest absolute Gasteiger partial charge is 0.298 e. The predicted molar refractivity (Wildman–Crippen MR) is 62.9 cm³/mol. The zero-order valence-corrected chi connectivity index (χ0v) is 9.78. The number of nitrogens with zero attached hydrogens (tertiary/aromatic N) is 1. The molecule has 0 aromatic heterocycles. The summed E-state index contributed by atoms with van der Waals surface area (Å²) in [6, 6.07) is 10.1. The van der Waals surface area contributed by atoms with E-state index in [0.717, 1.165) is 6.54 Å². The number of halogens is 2. The molecule has 2 atom stereocenters. The standard InChI is InChI=1S/C14H17F2N/c15-14(16)12-6-7-13(14)10-17(9-12)8-11-4-2-1-3-5-11/h1-5,12-13H,6-10H2/t12-,13+. The monoisotopic (exact) mass is 237 g/mol. The van der Waals surface area contributed by atoms with Gasteiger partial charge >= 0.3 is 0 Å². The van der Waals surface area contributed by atoms with Gasteiger partial charge in [0.05, 0.1) is 0 Å². The van der Waals surface area contributed by atoms with Crippen LogP contribution in [0.3, 0.4) is 0 Å². The normalized spacial score (nSPS) is 31.6. The lowest BCUT2D eigenvalue weighted by Crippen LogP contribution is -2.48. The quantitative estimate of drug-likeness (QED) is 0.763. The van der Waals surface area contributed by atoms with Crippen LogP contribution >= 0.6 is 0 Å². The van der Waals surface area contributed by atoms with Crippen LogP contribution in [0, 0.1) is 11.8 Å². The van der Waals surface area contributed by atoms with Gasteiger partial charge in [0.25, 0.3) is 5.92 Å². The van der Waals surface area contributed by atoms with Gasteiger partial charge in [0, 0.05) is 31.5 Å². The maximum Gasteiger partial charge on any atom is 0.256 e. The molecule has 0 unspecified atom stereocenters. The van der Waals surface area contributed by atoms with Crippen LogP contribution in [0.25, 0.3) is 0 Å². The van der Waals surface area contributed by atoms with Gasteiger partial charge in [-0.3, -0.25) is 4.90 Å². The molecule has 1 saturated heterocycles. The molecule has 1 nitrogen and oxygen atoms in total. The highest BCUT2D eigenvalue weighted by Gasteiger charge is 2.55. The summed E-state index contributed by atoms with van der Waals surface area (Å²) in [5.74, 6) is -3.23. The second-order valence-electron chi connectivity index (χ2n) is 5.33. The molecule has 2 aliphatic rings. The molecule has 0 spiro atoms. The van der Waals surface area contributed by atoms with Crippen LogP contribution in [0.5, 0.6) is 0 Å². The SMILES string of the molecule is FC1(F)[C@@H]2CC[C@H]1CN(Cc1ccccc1)C2. The highest BCUT2D eigenvalue weighted by Crippen LogP contribution is 2.48. The molecule has 1 heterocycles. The van der Waals surface area contributed by atoms with E-state index in [-0.39, 0.29) is 0 Å². The fraction of sp³-hybridized carbons (Fsp3) is 0.571. The number of piperidine rings is 1. The molecule has 1 aromatic carbocycles. The van der Waals surface area contributed by atoms with Crippen molar-refractivity contribution in [2.75, 3.05) is 13.1 Å². The summed E-state index contributed by atoms with van der Waals surface area (Å²) in [5, 5.41) is 0. The summed E-state index contributed by atoms with van der Waals surface area (Å²) < 4.78 is 27.5. The van der Waals surface area contributed by atoms with E-state index in [1.54, 1.807) is 0 Å². The molecule has 2 bridgehead atoms. The molecule has 92 valence electrons. The van der Waals surface area contributed by atoms with E-state index in [0.29, 0.717) is 25.9 Å². The Kier molecular flexibility index (Phi) is 2.66. The van der Waals surface area contributed by atoms with Gasteiger partial charge in [-0.15, -0.1) is 0 Å². The molecular weight excluding hydrogens is 220 g/mol. The van der Waals surface area contributed by atoms with Gasteiger partial charge in [0.15, 0.2) is 0 Å². The third-order valence-corrected chi connectivity index (χ3v) is 4.16. The lowest BCUT2D eigenvalue weighted by molar-refractivity contribution is -0.119. The minimum Gasteiger partial charge on any atom is -0.298 e. The van der Waals surface area contributed by atoms with Gasteiger partial charge in [-0.05, 0) is 18.4 Å². The second kappa shape index (κ2) is 4.05. The van der Waals surface area contributed by atoms with E-state index in [9.17, 15) is 8.78 Å². The smallest absolute Gasteiger partial charge is 0.256 e. The predicted octanol–water partition coefficient (Wildman–Crippen LogP) is 3.16. The van der Waals surface area contributed by atoms with Crippen molar-refractivity contribution in [2.24, 2.45) is 11.8 Å².